The molecule has 2 aromatic rings. The van der Waals surface area contributed by atoms with Crippen LogP contribution in [0.1, 0.15) is 5.56 Å². The summed E-state index contributed by atoms with van der Waals surface area (Å²) in [5.74, 6) is -0.0243. The van der Waals surface area contributed by atoms with E-state index in [1.165, 1.54) is 10.4 Å². The standard InChI is InChI=1S/C18H21N3O3S/c1-4-17(22)20(3)10-14-11-21(12-14)25(23,24)16-7-5-6-15-8-13(2)9-19-18(15)16/h4-9,14H,1,10-12H2,2-3H3. The fraction of sp³-hybridized carbons (Fsp3) is 0.333. The molecule has 0 aliphatic carbocycles. The van der Waals surface area contributed by atoms with Crippen LogP contribution in [0, 0.1) is 12.8 Å². The zero-order valence-electron chi connectivity index (χ0n) is 14.3. The molecule has 0 N–H and O–H groups in total. The number of hydrogen-bond acceptors (Lipinski definition) is 4. The van der Waals surface area contributed by atoms with Crippen LogP contribution in [0.15, 0.2) is 48.0 Å². The minimum atomic E-state index is -3.59. The van der Waals surface area contributed by atoms with Gasteiger partial charge in [-0.3, -0.25) is 9.78 Å². The van der Waals surface area contributed by atoms with E-state index >= 15 is 0 Å². The largest absolute Gasteiger partial charge is 0.342 e. The molecule has 3 rings (SSSR count). The summed E-state index contributed by atoms with van der Waals surface area (Å²) in [6, 6.07) is 7.13. The molecule has 7 heteroatoms. The molecule has 2 heterocycles. The van der Waals surface area contributed by atoms with Gasteiger partial charge in [-0.2, -0.15) is 4.31 Å². The third-order valence-electron chi connectivity index (χ3n) is 4.44. The highest BCUT2D eigenvalue weighted by molar-refractivity contribution is 7.89. The molecule has 0 bridgehead atoms. The highest BCUT2D eigenvalue weighted by atomic mass is 32.2. The lowest BCUT2D eigenvalue weighted by molar-refractivity contribution is -0.125. The lowest BCUT2D eigenvalue weighted by atomic mass is 10.0. The molecule has 1 amide bonds. The van der Waals surface area contributed by atoms with Gasteiger partial charge in [0.1, 0.15) is 4.90 Å². The van der Waals surface area contributed by atoms with Crippen molar-refractivity contribution in [2.45, 2.75) is 11.8 Å². The Balaban J connectivity index is 1.78. The Kier molecular flexibility index (Phi) is 4.62. The number of likely N-dealkylation sites (N-methyl/N-ethyl adjacent to an activating group) is 1. The van der Waals surface area contributed by atoms with Crippen LogP contribution >= 0.6 is 0 Å². The van der Waals surface area contributed by atoms with E-state index in [2.05, 4.69) is 11.6 Å². The van der Waals surface area contributed by atoms with E-state index in [0.717, 1.165) is 10.9 Å². The molecule has 6 nitrogen and oxygen atoms in total. The van der Waals surface area contributed by atoms with E-state index in [1.807, 2.05) is 19.1 Å². The van der Waals surface area contributed by atoms with E-state index in [4.69, 9.17) is 0 Å². The zero-order chi connectivity index (χ0) is 18.2. The number of hydrogen-bond donors (Lipinski definition) is 0. The Morgan fingerprint density at radius 2 is 2.16 bits per heavy atom. The molecule has 1 fully saturated rings. The van der Waals surface area contributed by atoms with Crippen LogP contribution in [0.2, 0.25) is 0 Å². The number of aromatic nitrogens is 1. The number of sulfonamides is 1. The average Bonchev–Trinajstić information content (AvgIpc) is 2.55. The first-order valence-electron chi connectivity index (χ1n) is 8.06. The number of para-hydroxylation sites is 1. The predicted octanol–water partition coefficient (Wildman–Crippen LogP) is 1.81. The maximum atomic E-state index is 12.9. The third-order valence-corrected chi connectivity index (χ3v) is 6.30. The molecular weight excluding hydrogens is 338 g/mol. The molecule has 25 heavy (non-hydrogen) atoms. The Bertz CT molecular complexity index is 934. The molecule has 0 saturated carbocycles. The number of rotatable bonds is 5. The minimum Gasteiger partial charge on any atom is -0.342 e. The van der Waals surface area contributed by atoms with Crippen LogP contribution in [-0.4, -0.2) is 55.2 Å². The molecule has 1 aromatic carbocycles. The van der Waals surface area contributed by atoms with Crippen molar-refractivity contribution in [3.8, 4) is 0 Å². The normalized spacial score (nSPS) is 15.8. The van der Waals surface area contributed by atoms with Crippen molar-refractivity contribution in [2.24, 2.45) is 5.92 Å². The van der Waals surface area contributed by atoms with Gasteiger partial charge in [0.25, 0.3) is 0 Å². The number of aryl methyl sites for hydroxylation is 1. The van der Waals surface area contributed by atoms with Crippen molar-refractivity contribution in [2.75, 3.05) is 26.7 Å². The van der Waals surface area contributed by atoms with Gasteiger partial charge in [0.15, 0.2) is 0 Å². The molecule has 0 atom stereocenters. The first kappa shape index (κ1) is 17.6. The first-order valence-corrected chi connectivity index (χ1v) is 9.50. The van der Waals surface area contributed by atoms with Gasteiger partial charge < -0.3 is 4.90 Å². The summed E-state index contributed by atoms with van der Waals surface area (Å²) in [6.45, 7) is 6.70. The monoisotopic (exact) mass is 359 g/mol. The summed E-state index contributed by atoms with van der Waals surface area (Å²) in [7, 11) is -1.90. The number of carbonyl (C=O) groups is 1. The first-order chi connectivity index (χ1) is 11.8. The summed E-state index contributed by atoms with van der Waals surface area (Å²) >= 11 is 0. The predicted molar refractivity (Wildman–Crippen MR) is 96.6 cm³/mol. The van der Waals surface area contributed by atoms with Gasteiger partial charge in [0.2, 0.25) is 15.9 Å². The summed E-state index contributed by atoms with van der Waals surface area (Å²) in [5.41, 5.74) is 1.48. The molecule has 132 valence electrons. The van der Waals surface area contributed by atoms with E-state index in [1.54, 1.807) is 30.3 Å². The second-order valence-corrected chi connectivity index (χ2v) is 8.36. The Morgan fingerprint density at radius 3 is 2.84 bits per heavy atom. The quantitative estimate of drug-likeness (QED) is 0.764. The fourth-order valence-electron chi connectivity index (χ4n) is 3.06. The molecule has 1 aromatic heterocycles. The molecule has 0 radical (unpaired) electrons. The summed E-state index contributed by atoms with van der Waals surface area (Å²) in [6.07, 6.45) is 2.94. The molecular formula is C18H21N3O3S. The number of benzene rings is 1. The maximum absolute atomic E-state index is 12.9. The van der Waals surface area contributed by atoms with Crippen molar-refractivity contribution in [1.29, 1.82) is 0 Å². The van der Waals surface area contributed by atoms with Crippen LogP contribution < -0.4 is 0 Å². The minimum absolute atomic E-state index is 0.133. The highest BCUT2D eigenvalue weighted by Crippen LogP contribution is 2.29. The maximum Gasteiger partial charge on any atom is 0.245 e. The molecule has 0 unspecified atom stereocenters. The number of nitrogens with zero attached hydrogens (tertiary/aromatic N) is 3. The lowest BCUT2D eigenvalue weighted by Crippen LogP contribution is -2.53. The van der Waals surface area contributed by atoms with Crippen molar-refractivity contribution >= 4 is 26.8 Å². The average molecular weight is 359 g/mol. The topological polar surface area (TPSA) is 70.6 Å². The van der Waals surface area contributed by atoms with Gasteiger partial charge in [-0.1, -0.05) is 18.7 Å². The van der Waals surface area contributed by atoms with Crippen molar-refractivity contribution in [3.05, 3.63) is 48.7 Å². The van der Waals surface area contributed by atoms with E-state index in [9.17, 15) is 13.2 Å². The Hall–Kier alpha value is -2.25. The highest BCUT2D eigenvalue weighted by Gasteiger charge is 2.38. The summed E-state index contributed by atoms with van der Waals surface area (Å²) in [5, 5.41) is 0.814. The zero-order valence-corrected chi connectivity index (χ0v) is 15.2. The van der Waals surface area contributed by atoms with Gasteiger partial charge in [-0.05, 0) is 30.7 Å². The van der Waals surface area contributed by atoms with Gasteiger partial charge in [-0.25, -0.2) is 8.42 Å². The molecule has 1 aliphatic rings. The Morgan fingerprint density at radius 1 is 1.44 bits per heavy atom. The van der Waals surface area contributed by atoms with Gasteiger partial charge >= 0.3 is 0 Å². The number of fused-ring (bicyclic) bond motifs is 1. The van der Waals surface area contributed by atoms with Gasteiger partial charge in [0.05, 0.1) is 5.52 Å². The lowest BCUT2D eigenvalue weighted by Gasteiger charge is -2.39. The van der Waals surface area contributed by atoms with Crippen LogP contribution in [0.3, 0.4) is 0 Å². The van der Waals surface area contributed by atoms with Crippen molar-refractivity contribution in [3.63, 3.8) is 0 Å². The van der Waals surface area contributed by atoms with Crippen LogP contribution in [0.4, 0.5) is 0 Å². The Labute approximate surface area is 147 Å². The number of carbonyl (C=O) groups excluding carboxylic acids is 1. The number of amides is 1. The van der Waals surface area contributed by atoms with Crippen LogP contribution in [-0.2, 0) is 14.8 Å². The summed E-state index contributed by atoms with van der Waals surface area (Å²) < 4.78 is 27.3. The summed E-state index contributed by atoms with van der Waals surface area (Å²) in [4.78, 5) is 17.6. The fourth-order valence-corrected chi connectivity index (χ4v) is 4.82. The molecule has 1 saturated heterocycles. The van der Waals surface area contributed by atoms with E-state index in [0.29, 0.717) is 25.2 Å². The SMILES string of the molecule is C=CC(=O)N(C)CC1CN(S(=O)(=O)c2cccc3cc(C)cnc23)C1. The third kappa shape index (κ3) is 3.29. The molecule has 0 spiro atoms. The van der Waals surface area contributed by atoms with Crippen molar-refractivity contribution in [1.82, 2.24) is 14.2 Å². The second kappa shape index (κ2) is 6.57. The molecule has 1 aliphatic heterocycles. The van der Waals surface area contributed by atoms with Gasteiger partial charge in [0, 0.05) is 44.2 Å². The number of pyridine rings is 1. The van der Waals surface area contributed by atoms with E-state index in [-0.39, 0.29) is 16.7 Å². The van der Waals surface area contributed by atoms with Crippen LogP contribution in [0.5, 0.6) is 0 Å². The second-order valence-electron chi connectivity index (χ2n) is 6.45. The van der Waals surface area contributed by atoms with Crippen LogP contribution in [0.25, 0.3) is 10.9 Å². The smallest absolute Gasteiger partial charge is 0.245 e. The van der Waals surface area contributed by atoms with Crippen molar-refractivity contribution < 1.29 is 13.2 Å². The van der Waals surface area contributed by atoms with Gasteiger partial charge in [-0.15, -0.1) is 0 Å². The van der Waals surface area contributed by atoms with E-state index < -0.39 is 10.0 Å².